The molecule has 24 heavy (non-hydrogen) atoms. The number of likely N-dealkylation sites (tertiary alicyclic amines) is 1. The summed E-state index contributed by atoms with van der Waals surface area (Å²) >= 11 is 0. The van der Waals surface area contributed by atoms with Crippen molar-refractivity contribution < 1.29 is 9.59 Å². The van der Waals surface area contributed by atoms with Gasteiger partial charge >= 0.3 is 0 Å². The molecular weight excluding hydrogens is 300 g/mol. The standard InChI is InChI=1S/C20H30N2O2/c1-4-16(5-2)20(24)22-12-10-18(11-13-22)21-19(23)14-17-9-7-6-8-15(17)3/h6-9,16,18H,4-5,10-14H2,1-3H3,(H,21,23). The summed E-state index contributed by atoms with van der Waals surface area (Å²) in [6, 6.07) is 8.18. The molecule has 1 fully saturated rings. The maximum absolute atomic E-state index is 12.4. The van der Waals surface area contributed by atoms with Crippen LogP contribution in [0.3, 0.4) is 0 Å². The van der Waals surface area contributed by atoms with Gasteiger partial charge in [0.05, 0.1) is 6.42 Å². The van der Waals surface area contributed by atoms with Crippen molar-refractivity contribution in [1.29, 1.82) is 0 Å². The minimum Gasteiger partial charge on any atom is -0.353 e. The van der Waals surface area contributed by atoms with Crippen LogP contribution in [0.2, 0.25) is 0 Å². The van der Waals surface area contributed by atoms with Gasteiger partial charge in [-0.25, -0.2) is 0 Å². The first-order valence-electron chi connectivity index (χ1n) is 9.17. The molecule has 1 heterocycles. The van der Waals surface area contributed by atoms with Crippen molar-refractivity contribution in [2.24, 2.45) is 5.92 Å². The Kier molecular flexibility index (Phi) is 6.83. The zero-order valence-electron chi connectivity index (χ0n) is 15.2. The topological polar surface area (TPSA) is 49.4 Å². The molecule has 2 rings (SSSR count). The van der Waals surface area contributed by atoms with Crippen LogP contribution >= 0.6 is 0 Å². The van der Waals surface area contributed by atoms with E-state index in [9.17, 15) is 9.59 Å². The van der Waals surface area contributed by atoms with E-state index in [4.69, 9.17) is 0 Å². The summed E-state index contributed by atoms with van der Waals surface area (Å²) in [6.45, 7) is 7.69. The lowest BCUT2D eigenvalue weighted by molar-refractivity contribution is -0.137. The normalized spacial score (nSPS) is 15.6. The molecule has 1 aromatic carbocycles. The van der Waals surface area contributed by atoms with E-state index >= 15 is 0 Å². The van der Waals surface area contributed by atoms with Crippen LogP contribution in [0.25, 0.3) is 0 Å². The number of piperidine rings is 1. The molecule has 1 aromatic rings. The van der Waals surface area contributed by atoms with Crippen molar-refractivity contribution in [2.75, 3.05) is 13.1 Å². The summed E-state index contributed by atoms with van der Waals surface area (Å²) in [5.74, 6) is 0.510. The highest BCUT2D eigenvalue weighted by atomic mass is 16.2. The van der Waals surface area contributed by atoms with E-state index in [0.717, 1.165) is 49.9 Å². The third-order valence-corrected chi connectivity index (χ3v) is 5.12. The fraction of sp³-hybridized carbons (Fsp3) is 0.600. The summed E-state index contributed by atoms with van der Waals surface area (Å²) in [6.07, 6.45) is 3.95. The van der Waals surface area contributed by atoms with Crippen molar-refractivity contribution in [2.45, 2.75) is 58.9 Å². The van der Waals surface area contributed by atoms with Crippen LogP contribution in [0.1, 0.15) is 50.7 Å². The van der Waals surface area contributed by atoms with Crippen molar-refractivity contribution >= 4 is 11.8 Å². The number of carbonyl (C=O) groups is 2. The van der Waals surface area contributed by atoms with Gasteiger partial charge in [-0.1, -0.05) is 38.1 Å². The lowest BCUT2D eigenvalue weighted by Crippen LogP contribution is -2.48. The van der Waals surface area contributed by atoms with Gasteiger partial charge in [0.1, 0.15) is 0 Å². The Labute approximate surface area is 145 Å². The number of benzene rings is 1. The van der Waals surface area contributed by atoms with Crippen molar-refractivity contribution in [3.63, 3.8) is 0 Å². The molecule has 0 atom stereocenters. The van der Waals surface area contributed by atoms with Crippen LogP contribution in [0.4, 0.5) is 0 Å². The van der Waals surface area contributed by atoms with E-state index in [2.05, 4.69) is 19.2 Å². The van der Waals surface area contributed by atoms with E-state index in [1.54, 1.807) is 0 Å². The minimum atomic E-state index is 0.0778. The molecular formula is C20H30N2O2. The summed E-state index contributed by atoms with van der Waals surface area (Å²) in [4.78, 5) is 26.6. The monoisotopic (exact) mass is 330 g/mol. The number of hydrogen-bond donors (Lipinski definition) is 1. The van der Waals surface area contributed by atoms with Crippen LogP contribution in [0, 0.1) is 12.8 Å². The molecule has 0 saturated carbocycles. The van der Waals surface area contributed by atoms with Gasteiger partial charge in [-0.2, -0.15) is 0 Å². The average Bonchev–Trinajstić information content (AvgIpc) is 2.58. The maximum Gasteiger partial charge on any atom is 0.225 e. The van der Waals surface area contributed by atoms with Gasteiger partial charge in [0, 0.05) is 25.0 Å². The van der Waals surface area contributed by atoms with E-state index in [0.29, 0.717) is 6.42 Å². The molecule has 2 amide bonds. The van der Waals surface area contributed by atoms with Crippen molar-refractivity contribution in [3.8, 4) is 0 Å². The molecule has 0 bridgehead atoms. The Hall–Kier alpha value is -1.84. The van der Waals surface area contributed by atoms with Crippen LogP contribution in [0.5, 0.6) is 0 Å². The van der Waals surface area contributed by atoms with E-state index in [1.807, 2.05) is 36.1 Å². The highest BCUT2D eigenvalue weighted by Crippen LogP contribution is 2.17. The number of aryl methyl sites for hydroxylation is 1. The second kappa shape index (κ2) is 8.86. The van der Waals surface area contributed by atoms with Crippen LogP contribution in [0.15, 0.2) is 24.3 Å². The number of nitrogens with one attached hydrogen (secondary N) is 1. The van der Waals surface area contributed by atoms with E-state index < -0.39 is 0 Å². The van der Waals surface area contributed by atoms with Crippen LogP contribution < -0.4 is 5.32 Å². The Morgan fingerprint density at radius 2 is 1.79 bits per heavy atom. The first-order valence-corrected chi connectivity index (χ1v) is 9.17. The molecule has 1 aliphatic rings. The highest BCUT2D eigenvalue weighted by molar-refractivity contribution is 5.80. The maximum atomic E-state index is 12.4. The number of hydrogen-bond acceptors (Lipinski definition) is 2. The fourth-order valence-electron chi connectivity index (χ4n) is 3.40. The van der Waals surface area contributed by atoms with Crippen LogP contribution in [-0.2, 0) is 16.0 Å². The molecule has 4 nitrogen and oxygen atoms in total. The summed E-state index contributed by atoms with van der Waals surface area (Å²) < 4.78 is 0. The minimum absolute atomic E-state index is 0.0778. The predicted molar refractivity (Wildman–Crippen MR) is 96.7 cm³/mol. The lowest BCUT2D eigenvalue weighted by atomic mass is 9.98. The van der Waals surface area contributed by atoms with Crippen molar-refractivity contribution in [1.82, 2.24) is 10.2 Å². The molecule has 1 saturated heterocycles. The largest absolute Gasteiger partial charge is 0.353 e. The molecule has 0 spiro atoms. The Balaban J connectivity index is 1.79. The molecule has 0 aromatic heterocycles. The average molecular weight is 330 g/mol. The van der Waals surface area contributed by atoms with Gasteiger partial charge in [0.25, 0.3) is 0 Å². The number of carbonyl (C=O) groups excluding carboxylic acids is 2. The zero-order valence-corrected chi connectivity index (χ0v) is 15.2. The smallest absolute Gasteiger partial charge is 0.225 e. The van der Waals surface area contributed by atoms with Gasteiger partial charge in [0.15, 0.2) is 0 Å². The molecule has 4 heteroatoms. The molecule has 0 aliphatic carbocycles. The van der Waals surface area contributed by atoms with Gasteiger partial charge in [-0.15, -0.1) is 0 Å². The summed E-state index contributed by atoms with van der Waals surface area (Å²) in [5, 5.41) is 3.13. The highest BCUT2D eigenvalue weighted by Gasteiger charge is 2.27. The first-order chi connectivity index (χ1) is 11.5. The van der Waals surface area contributed by atoms with E-state index in [-0.39, 0.29) is 23.8 Å². The first kappa shape index (κ1) is 18.5. The van der Waals surface area contributed by atoms with Crippen molar-refractivity contribution in [3.05, 3.63) is 35.4 Å². The molecule has 1 N–H and O–H groups in total. The van der Waals surface area contributed by atoms with Gasteiger partial charge in [-0.05, 0) is 43.7 Å². The Morgan fingerprint density at radius 3 is 2.38 bits per heavy atom. The zero-order chi connectivity index (χ0) is 17.5. The Bertz CT molecular complexity index is 559. The van der Waals surface area contributed by atoms with Crippen LogP contribution in [-0.4, -0.2) is 35.8 Å². The third-order valence-electron chi connectivity index (χ3n) is 5.12. The number of amides is 2. The molecule has 132 valence electrons. The molecule has 0 unspecified atom stereocenters. The predicted octanol–water partition coefficient (Wildman–Crippen LogP) is 3.08. The third kappa shape index (κ3) is 4.83. The van der Waals surface area contributed by atoms with Gasteiger partial charge in [0.2, 0.25) is 11.8 Å². The van der Waals surface area contributed by atoms with E-state index in [1.165, 1.54) is 0 Å². The van der Waals surface area contributed by atoms with Gasteiger partial charge < -0.3 is 10.2 Å². The second-order valence-electron chi connectivity index (χ2n) is 6.78. The van der Waals surface area contributed by atoms with Gasteiger partial charge in [-0.3, -0.25) is 9.59 Å². The summed E-state index contributed by atoms with van der Waals surface area (Å²) in [7, 11) is 0. The molecule has 0 radical (unpaired) electrons. The lowest BCUT2D eigenvalue weighted by Gasteiger charge is -2.34. The quantitative estimate of drug-likeness (QED) is 0.871. The number of nitrogens with zero attached hydrogens (tertiary/aromatic N) is 1. The SMILES string of the molecule is CCC(CC)C(=O)N1CCC(NC(=O)Cc2ccccc2C)CC1. The fourth-order valence-corrected chi connectivity index (χ4v) is 3.40. The Morgan fingerprint density at radius 1 is 1.17 bits per heavy atom. The number of rotatable bonds is 6. The second-order valence-corrected chi connectivity index (χ2v) is 6.78. The molecule has 1 aliphatic heterocycles. The summed E-state index contributed by atoms with van der Waals surface area (Å²) in [5.41, 5.74) is 2.23.